The van der Waals surface area contributed by atoms with E-state index in [-0.39, 0.29) is 20.9 Å². The van der Waals surface area contributed by atoms with Gasteiger partial charge in [0.25, 0.3) is 0 Å². The van der Waals surface area contributed by atoms with E-state index in [0.717, 1.165) is 3.97 Å². The van der Waals surface area contributed by atoms with Crippen molar-refractivity contribution >= 4 is 20.9 Å². The molecule has 0 heterocycles. The quantitative estimate of drug-likeness (QED) is 0.591. The first-order valence-electron chi connectivity index (χ1n) is 2.03. The van der Waals surface area contributed by atoms with E-state index in [9.17, 15) is 0 Å². The van der Waals surface area contributed by atoms with Crippen molar-refractivity contribution in [3.63, 3.8) is 0 Å². The molecular weight excluding hydrogens is 188 g/mol. The van der Waals surface area contributed by atoms with E-state index in [2.05, 4.69) is 24.6 Å². The molecule has 0 fully saturated rings. The predicted molar refractivity (Wildman–Crippen MR) is 31.0 cm³/mol. The molecule has 6 heavy (non-hydrogen) atoms. The fourth-order valence-corrected chi connectivity index (χ4v) is 1.29. The normalized spacial score (nSPS) is 9.17. The van der Waals surface area contributed by atoms with E-state index >= 15 is 0 Å². The van der Waals surface area contributed by atoms with Gasteiger partial charge in [0.2, 0.25) is 0 Å². The Morgan fingerprint density at radius 3 is 2.17 bits per heavy atom. The number of hydrogen-bond donors (Lipinski definition) is 0. The molecule has 0 rings (SSSR count). The van der Waals surface area contributed by atoms with Crippen LogP contribution in [0.5, 0.6) is 0 Å². The molecule has 0 nitrogen and oxygen atoms in total. The van der Waals surface area contributed by atoms with E-state index in [1.165, 1.54) is 0 Å². The summed E-state index contributed by atoms with van der Waals surface area (Å²) in [6.45, 7) is 8.14. The molecule has 0 amide bonds. The fourth-order valence-electron chi connectivity index (χ4n) is 0.192. The molecule has 0 aliphatic rings. The molecule has 36 valence electrons. The molecule has 0 N–H and O–H groups in total. The summed E-state index contributed by atoms with van der Waals surface area (Å²) in [5.74, 6) is 0. The van der Waals surface area contributed by atoms with Gasteiger partial charge in [0.1, 0.15) is 0 Å². The van der Waals surface area contributed by atoms with Gasteiger partial charge < -0.3 is 0 Å². The van der Waals surface area contributed by atoms with Crippen LogP contribution in [-0.4, -0.2) is 20.9 Å². The van der Waals surface area contributed by atoms with Gasteiger partial charge in [-0.1, -0.05) is 0 Å². The fraction of sp³-hybridized carbons (Fsp3) is 0.600. The van der Waals surface area contributed by atoms with Crippen molar-refractivity contribution in [2.24, 2.45) is 0 Å². The summed E-state index contributed by atoms with van der Waals surface area (Å²) in [6.07, 6.45) is 0. The maximum absolute atomic E-state index is 3.66. The molecule has 1 heteroatoms. The minimum atomic E-state index is 0.186. The minimum absolute atomic E-state index is 0.186. The molecule has 0 saturated heterocycles. The molecule has 0 radical (unpaired) electrons. The van der Waals surface area contributed by atoms with Crippen molar-refractivity contribution in [2.45, 2.75) is 17.8 Å². The molecule has 0 atom stereocenters. The van der Waals surface area contributed by atoms with Gasteiger partial charge in [-0.15, -0.1) is 0 Å². The second-order valence-corrected chi connectivity index (χ2v) is 5.77. The third-order valence-corrected chi connectivity index (χ3v) is 2.47. The van der Waals surface area contributed by atoms with Crippen LogP contribution in [0.4, 0.5) is 0 Å². The first kappa shape index (κ1) is 6.53. The maximum atomic E-state index is 3.66. The summed E-state index contributed by atoms with van der Waals surface area (Å²) >= 11 is 0.186. The van der Waals surface area contributed by atoms with Crippen molar-refractivity contribution in [3.8, 4) is 0 Å². The van der Waals surface area contributed by atoms with E-state index in [4.69, 9.17) is 0 Å². The molecule has 0 bridgehead atoms. The third-order valence-electron chi connectivity index (χ3n) is 0.368. The van der Waals surface area contributed by atoms with Gasteiger partial charge in [-0.25, -0.2) is 0 Å². The summed E-state index contributed by atoms with van der Waals surface area (Å²) in [4.78, 5) is 0. The van der Waals surface area contributed by atoms with Crippen LogP contribution in [0.15, 0.2) is 10.7 Å². The second-order valence-electron chi connectivity index (χ2n) is 1.35. The van der Waals surface area contributed by atoms with Gasteiger partial charge in [-0.3, -0.25) is 0 Å². The molecule has 0 unspecified atom stereocenters. The molecule has 0 aromatic carbocycles. The topological polar surface area (TPSA) is 0 Å². The standard InChI is InChI=1S/C5H10Te/c1-4-6-5(2)3/h4-5H,1H2,2-3H3. The molecule has 0 aromatic rings. The zero-order chi connectivity index (χ0) is 4.99. The van der Waals surface area contributed by atoms with Crippen LogP contribution in [0, 0.1) is 0 Å². The molecule has 0 saturated carbocycles. The van der Waals surface area contributed by atoms with E-state index in [1.54, 1.807) is 0 Å². The van der Waals surface area contributed by atoms with Crippen LogP contribution in [0.25, 0.3) is 0 Å². The summed E-state index contributed by atoms with van der Waals surface area (Å²) in [5, 5.41) is 0. The summed E-state index contributed by atoms with van der Waals surface area (Å²) in [6, 6.07) is 0. The zero-order valence-electron chi connectivity index (χ0n) is 4.27. The molecule has 0 spiro atoms. The van der Waals surface area contributed by atoms with Crippen molar-refractivity contribution < 1.29 is 0 Å². The summed E-state index contributed by atoms with van der Waals surface area (Å²) < 4.78 is 2.99. The Balaban J connectivity index is 2.81. The van der Waals surface area contributed by atoms with Crippen molar-refractivity contribution in [3.05, 3.63) is 10.7 Å². The van der Waals surface area contributed by atoms with E-state index in [0.29, 0.717) is 0 Å². The van der Waals surface area contributed by atoms with Gasteiger partial charge in [-0.05, 0) is 0 Å². The number of hydrogen-bond acceptors (Lipinski definition) is 0. The molecule has 0 aliphatic carbocycles. The Labute approximate surface area is 49.7 Å². The number of rotatable bonds is 2. The monoisotopic (exact) mass is 200 g/mol. The SMILES string of the molecule is C=C[Te]C(C)C. The van der Waals surface area contributed by atoms with Gasteiger partial charge in [0.05, 0.1) is 0 Å². The summed E-state index contributed by atoms with van der Waals surface area (Å²) in [7, 11) is 0. The average molecular weight is 198 g/mol. The average Bonchev–Trinajstić information content (AvgIpc) is 1.35. The Bertz CT molecular complexity index is 39.2. The van der Waals surface area contributed by atoms with E-state index in [1.807, 2.05) is 0 Å². The molecule has 0 aliphatic heterocycles. The third kappa shape index (κ3) is 4.53. The Morgan fingerprint density at radius 1 is 1.67 bits per heavy atom. The van der Waals surface area contributed by atoms with Gasteiger partial charge >= 0.3 is 49.4 Å². The van der Waals surface area contributed by atoms with Crippen LogP contribution in [0.1, 0.15) is 13.8 Å². The molecular formula is C5H10Te. The second kappa shape index (κ2) is 3.71. The molecule has 0 aromatic heterocycles. The predicted octanol–water partition coefficient (Wildman–Crippen LogP) is 1.66. The van der Waals surface area contributed by atoms with Crippen molar-refractivity contribution in [2.75, 3.05) is 0 Å². The van der Waals surface area contributed by atoms with Gasteiger partial charge in [-0.2, -0.15) is 0 Å². The van der Waals surface area contributed by atoms with Gasteiger partial charge in [0, 0.05) is 0 Å². The van der Waals surface area contributed by atoms with Crippen LogP contribution in [-0.2, 0) is 0 Å². The van der Waals surface area contributed by atoms with Crippen molar-refractivity contribution in [1.29, 1.82) is 0 Å². The van der Waals surface area contributed by atoms with Gasteiger partial charge in [0.15, 0.2) is 0 Å². The Kier molecular flexibility index (Phi) is 4.04. The van der Waals surface area contributed by atoms with E-state index < -0.39 is 0 Å². The summed E-state index contributed by atoms with van der Waals surface area (Å²) in [5.41, 5.74) is 0. The van der Waals surface area contributed by atoms with Crippen LogP contribution < -0.4 is 0 Å². The Hall–Kier alpha value is 0.530. The Morgan fingerprint density at radius 2 is 2.17 bits per heavy atom. The zero-order valence-corrected chi connectivity index (χ0v) is 6.60. The van der Waals surface area contributed by atoms with Crippen molar-refractivity contribution in [1.82, 2.24) is 0 Å². The van der Waals surface area contributed by atoms with Crippen LogP contribution in [0.2, 0.25) is 3.97 Å². The first-order chi connectivity index (χ1) is 2.77. The first-order valence-corrected chi connectivity index (χ1v) is 4.73. The van der Waals surface area contributed by atoms with Crippen LogP contribution in [0.3, 0.4) is 0 Å². The van der Waals surface area contributed by atoms with Crippen LogP contribution >= 0.6 is 0 Å².